The number of hydrogen-bond acceptors (Lipinski definition) is 6. The summed E-state index contributed by atoms with van der Waals surface area (Å²) < 4.78 is 58.9. The Morgan fingerprint density at radius 3 is 1.09 bits per heavy atom. The normalized spacial score (nSPS) is 12.2. The largest absolute Gasteiger partial charge is 0.425 e. The summed E-state index contributed by atoms with van der Waals surface area (Å²) in [5, 5.41) is 0. The molecule has 0 amide bonds. The van der Waals surface area contributed by atoms with E-state index in [9.17, 15) is 16.8 Å². The van der Waals surface area contributed by atoms with Crippen LogP contribution in [-0.2, 0) is 29.5 Å². The highest BCUT2D eigenvalue weighted by Gasteiger charge is 2.13. The quantitative estimate of drug-likeness (QED) is 0.230. The van der Waals surface area contributed by atoms with E-state index in [1.54, 1.807) is 0 Å². The average molecular weight is 224 g/mol. The highest BCUT2D eigenvalue weighted by atomic mass is 32.3. The molecule has 0 rings (SSSR count). The highest BCUT2D eigenvalue weighted by Crippen LogP contribution is 1.92. The van der Waals surface area contributed by atoms with Gasteiger partial charge in [-0.25, -0.2) is 0 Å². The molecule has 8 nitrogen and oxygen atoms in total. The van der Waals surface area contributed by atoms with E-state index in [-0.39, 0.29) is 17.4 Å². The molecule has 0 aliphatic heterocycles. The third-order valence-corrected chi connectivity index (χ3v) is 0.766. The van der Waals surface area contributed by atoms with E-state index in [1.165, 1.54) is 0 Å². The fraction of sp³-hybridized carbons (Fsp3) is 0. The smallest absolute Gasteiger partial charge is 0.262 e. The molecule has 11 heavy (non-hydrogen) atoms. The second-order valence-electron chi connectivity index (χ2n) is 0.992. The summed E-state index contributed by atoms with van der Waals surface area (Å²) >= 11 is 0. The lowest BCUT2D eigenvalue weighted by Gasteiger charge is -1.92. The van der Waals surface area contributed by atoms with E-state index in [1.807, 2.05) is 0 Å². The van der Waals surface area contributed by atoms with Gasteiger partial charge in [-0.05, 0) is 0 Å². The van der Waals surface area contributed by atoms with Crippen LogP contribution in [0, 0.1) is 0 Å². The molecule has 0 aliphatic rings. The van der Waals surface area contributed by atoms with E-state index in [0.717, 1.165) is 0 Å². The molecule has 0 spiro atoms. The zero-order valence-electron chi connectivity index (χ0n) is 4.16. The van der Waals surface area contributed by atoms with Crippen molar-refractivity contribution in [1.82, 2.24) is 0 Å². The highest BCUT2D eigenvalue weighted by molar-refractivity contribution is 7.83. The summed E-state index contributed by atoms with van der Waals surface area (Å²) in [5.41, 5.74) is 0. The molecular weight excluding hydrogens is 219 g/mol. The van der Waals surface area contributed by atoms with Crippen LogP contribution in [0.3, 0.4) is 0 Å². The Morgan fingerprint density at radius 1 is 0.818 bits per heavy atom. The molecule has 0 heterocycles. The fourth-order valence-electron chi connectivity index (χ4n) is 0.0702. The van der Waals surface area contributed by atoms with Crippen molar-refractivity contribution in [2.45, 2.75) is 0 Å². The summed E-state index contributed by atoms with van der Waals surface area (Å²) in [6.07, 6.45) is 0. The second-order valence-corrected chi connectivity index (χ2v) is 2.97. The van der Waals surface area contributed by atoms with E-state index in [0.29, 0.717) is 0 Å². The minimum absolute atomic E-state index is 0. The first-order valence-corrected chi connectivity index (χ1v) is 4.26. The SMILES string of the molecule is O=S(=O)(O)OOS(=O)(=O)O.[AlH3]. The zero-order valence-corrected chi connectivity index (χ0v) is 5.79. The minimum Gasteiger partial charge on any atom is -0.262 e. The van der Waals surface area contributed by atoms with E-state index < -0.39 is 20.8 Å². The van der Waals surface area contributed by atoms with Crippen LogP contribution in [0.15, 0.2) is 0 Å². The lowest BCUT2D eigenvalue weighted by Crippen LogP contribution is -2.10. The van der Waals surface area contributed by atoms with Gasteiger partial charge in [0.15, 0.2) is 17.4 Å². The second kappa shape index (κ2) is 4.34. The molecule has 68 valence electrons. The summed E-state index contributed by atoms with van der Waals surface area (Å²) in [7, 11) is -10.0. The summed E-state index contributed by atoms with van der Waals surface area (Å²) in [6.45, 7) is 0. The van der Waals surface area contributed by atoms with Gasteiger partial charge in [-0.2, -0.15) is 16.8 Å². The molecule has 0 aromatic carbocycles. The molecule has 0 aromatic heterocycles. The Labute approximate surface area is 73.1 Å². The van der Waals surface area contributed by atoms with Crippen LogP contribution >= 0.6 is 0 Å². The van der Waals surface area contributed by atoms with Crippen molar-refractivity contribution in [1.29, 1.82) is 0 Å². The Balaban J connectivity index is 0. The molecule has 0 bridgehead atoms. The Bertz CT molecular complexity index is 248. The van der Waals surface area contributed by atoms with Gasteiger partial charge in [0, 0.05) is 0 Å². The first-order chi connectivity index (χ1) is 4.21. The van der Waals surface area contributed by atoms with Crippen molar-refractivity contribution in [2.75, 3.05) is 0 Å². The van der Waals surface area contributed by atoms with Crippen LogP contribution in [0.4, 0.5) is 0 Å². The van der Waals surface area contributed by atoms with Gasteiger partial charge >= 0.3 is 20.8 Å². The van der Waals surface area contributed by atoms with Crippen molar-refractivity contribution in [2.24, 2.45) is 0 Å². The Hall–Kier alpha value is 0.272. The lowest BCUT2D eigenvalue weighted by molar-refractivity contribution is -0.105. The van der Waals surface area contributed by atoms with Gasteiger partial charge in [0.05, 0.1) is 0 Å². The van der Waals surface area contributed by atoms with Crippen molar-refractivity contribution in [3.8, 4) is 0 Å². The van der Waals surface area contributed by atoms with Gasteiger partial charge in [0.2, 0.25) is 0 Å². The first-order valence-electron chi connectivity index (χ1n) is 1.53. The molecule has 0 unspecified atom stereocenters. The van der Waals surface area contributed by atoms with Gasteiger partial charge in [-0.3, -0.25) is 9.11 Å². The predicted octanol–water partition coefficient (Wildman–Crippen LogP) is -2.64. The maximum atomic E-state index is 9.51. The molecule has 0 aromatic rings. The van der Waals surface area contributed by atoms with Gasteiger partial charge in [-0.15, -0.1) is 0 Å². The molecule has 2 N–H and O–H groups in total. The zero-order chi connectivity index (χ0) is 8.41. The van der Waals surface area contributed by atoms with Gasteiger partial charge in [-0.1, -0.05) is 8.67 Å². The third kappa shape index (κ3) is 13.3. The van der Waals surface area contributed by atoms with Gasteiger partial charge in [0.1, 0.15) is 0 Å². The van der Waals surface area contributed by atoms with Gasteiger partial charge in [0.25, 0.3) is 0 Å². The standard InChI is InChI=1S/Al.H2O8S2.3H/c;1-9(2,3)7-8-10(4,5)6;;;/h;(H,1,2,3)(H,4,5,6);;;. The molecule has 0 radical (unpaired) electrons. The van der Waals surface area contributed by atoms with Crippen molar-refractivity contribution < 1.29 is 34.6 Å². The Morgan fingerprint density at radius 2 is 1.00 bits per heavy atom. The van der Waals surface area contributed by atoms with Crippen LogP contribution in [0.25, 0.3) is 0 Å². The van der Waals surface area contributed by atoms with Crippen molar-refractivity contribution in [3.63, 3.8) is 0 Å². The summed E-state index contributed by atoms with van der Waals surface area (Å²) in [6, 6.07) is 0. The molecule has 0 atom stereocenters. The molecule has 0 aliphatic carbocycles. The lowest BCUT2D eigenvalue weighted by atomic mass is 14.9. The molecule has 0 saturated heterocycles. The van der Waals surface area contributed by atoms with E-state index >= 15 is 0 Å². The van der Waals surface area contributed by atoms with E-state index in [4.69, 9.17) is 9.11 Å². The molecule has 11 heteroatoms. The number of rotatable bonds is 3. The summed E-state index contributed by atoms with van der Waals surface area (Å²) in [5.74, 6) is 0. The molecule has 0 saturated carbocycles. The first kappa shape index (κ1) is 13.8. The van der Waals surface area contributed by atoms with Gasteiger partial charge < -0.3 is 0 Å². The van der Waals surface area contributed by atoms with Crippen LogP contribution in [-0.4, -0.2) is 43.3 Å². The third-order valence-electron chi connectivity index (χ3n) is 0.200. The predicted molar refractivity (Wildman–Crippen MR) is 35.2 cm³/mol. The van der Waals surface area contributed by atoms with Crippen LogP contribution in [0.1, 0.15) is 0 Å². The molecule has 0 fully saturated rings. The average Bonchev–Trinajstić information content (AvgIpc) is 1.57. The van der Waals surface area contributed by atoms with Crippen LogP contribution < -0.4 is 0 Å². The van der Waals surface area contributed by atoms with Crippen LogP contribution in [0.2, 0.25) is 0 Å². The minimum atomic E-state index is -5.02. The van der Waals surface area contributed by atoms with Crippen molar-refractivity contribution in [3.05, 3.63) is 0 Å². The number of hydrogen-bond donors (Lipinski definition) is 2. The topological polar surface area (TPSA) is 127 Å². The van der Waals surface area contributed by atoms with Crippen LogP contribution in [0.5, 0.6) is 0 Å². The van der Waals surface area contributed by atoms with Crippen molar-refractivity contribution >= 4 is 38.2 Å². The monoisotopic (exact) mass is 224 g/mol. The maximum absolute atomic E-state index is 9.51. The molecular formula is H5AlO8S2. The summed E-state index contributed by atoms with van der Waals surface area (Å²) in [4.78, 5) is 0. The Kier molecular flexibility index (Phi) is 5.45. The maximum Gasteiger partial charge on any atom is 0.425 e. The fourth-order valence-corrected chi connectivity index (χ4v) is 0.632. The van der Waals surface area contributed by atoms with E-state index in [2.05, 4.69) is 8.67 Å².